The molecule has 1 aromatic heterocycles. The first kappa shape index (κ1) is 16.1. The molecule has 0 fully saturated rings. The molecule has 2 nitrogen and oxygen atoms in total. The van der Waals surface area contributed by atoms with Gasteiger partial charge in [-0.2, -0.15) is 0 Å². The normalized spacial score (nSPS) is 11.0. The average Bonchev–Trinajstić information content (AvgIpc) is 2.86. The van der Waals surface area contributed by atoms with E-state index >= 15 is 0 Å². The highest BCUT2D eigenvalue weighted by atomic mass is 32.1. The van der Waals surface area contributed by atoms with Crippen molar-refractivity contribution < 1.29 is 4.39 Å². The topological polar surface area (TPSA) is 24.9 Å². The second kappa shape index (κ2) is 7.66. The molecule has 114 valence electrons. The Balaban J connectivity index is 2.26. The molecule has 0 aliphatic rings. The number of aromatic nitrogens is 1. The highest BCUT2D eigenvalue weighted by Crippen LogP contribution is 2.30. The fourth-order valence-corrected chi connectivity index (χ4v) is 3.31. The van der Waals surface area contributed by atoms with Gasteiger partial charge >= 0.3 is 0 Å². The third kappa shape index (κ3) is 4.11. The van der Waals surface area contributed by atoms with Crippen LogP contribution in [0.15, 0.2) is 18.2 Å². The smallest absolute Gasteiger partial charge is 0.126 e. The molecule has 0 bridgehead atoms. The third-order valence-corrected chi connectivity index (χ3v) is 4.53. The molecule has 21 heavy (non-hydrogen) atoms. The Morgan fingerprint density at radius 1 is 1.24 bits per heavy atom. The lowest BCUT2D eigenvalue weighted by Gasteiger charge is -2.02. The van der Waals surface area contributed by atoms with E-state index in [-0.39, 0.29) is 5.82 Å². The van der Waals surface area contributed by atoms with Crippen molar-refractivity contribution >= 4 is 11.3 Å². The summed E-state index contributed by atoms with van der Waals surface area (Å²) in [6.07, 6.45) is 3.22. The molecule has 0 amide bonds. The van der Waals surface area contributed by atoms with Crippen molar-refractivity contribution in [2.45, 2.75) is 46.6 Å². The van der Waals surface area contributed by atoms with Crippen molar-refractivity contribution in [2.24, 2.45) is 0 Å². The number of hydrogen-bond donors (Lipinski definition) is 1. The molecule has 1 N–H and O–H groups in total. The number of nitrogens with zero attached hydrogens (tertiary/aromatic N) is 1. The maximum Gasteiger partial charge on any atom is 0.126 e. The molecule has 0 radical (unpaired) electrons. The summed E-state index contributed by atoms with van der Waals surface area (Å²) in [6, 6.07) is 5.23. The molecule has 0 atom stereocenters. The molecule has 4 heteroatoms. The largest absolute Gasteiger partial charge is 0.312 e. The van der Waals surface area contributed by atoms with Crippen LogP contribution in [0.2, 0.25) is 0 Å². The van der Waals surface area contributed by atoms with Crippen molar-refractivity contribution in [3.8, 4) is 10.6 Å². The van der Waals surface area contributed by atoms with E-state index in [9.17, 15) is 4.39 Å². The SMILES string of the molecule is CCCNCc1sc(-c2ccc(F)c(C)c2)nc1CCC. The fraction of sp³-hybridized carbons (Fsp3) is 0.471. The molecular weight excluding hydrogens is 283 g/mol. The van der Waals surface area contributed by atoms with Gasteiger partial charge in [-0.25, -0.2) is 9.37 Å². The van der Waals surface area contributed by atoms with Crippen molar-refractivity contribution in [2.75, 3.05) is 6.54 Å². The minimum atomic E-state index is -0.158. The van der Waals surface area contributed by atoms with Crippen LogP contribution >= 0.6 is 11.3 Å². The van der Waals surface area contributed by atoms with Crippen LogP contribution in [0.25, 0.3) is 10.6 Å². The quantitative estimate of drug-likeness (QED) is 0.749. The van der Waals surface area contributed by atoms with Crippen molar-refractivity contribution in [1.29, 1.82) is 0 Å². The van der Waals surface area contributed by atoms with E-state index in [2.05, 4.69) is 19.2 Å². The fourth-order valence-electron chi connectivity index (χ4n) is 2.23. The molecule has 0 spiro atoms. The van der Waals surface area contributed by atoms with Gasteiger partial charge in [0.15, 0.2) is 0 Å². The zero-order chi connectivity index (χ0) is 15.2. The van der Waals surface area contributed by atoms with Crippen LogP contribution < -0.4 is 5.32 Å². The zero-order valence-corrected chi connectivity index (χ0v) is 13.8. The minimum Gasteiger partial charge on any atom is -0.312 e. The van der Waals surface area contributed by atoms with E-state index in [0.29, 0.717) is 5.56 Å². The van der Waals surface area contributed by atoms with E-state index in [1.54, 1.807) is 18.3 Å². The summed E-state index contributed by atoms with van der Waals surface area (Å²) in [4.78, 5) is 6.08. The van der Waals surface area contributed by atoms with Gasteiger partial charge in [0, 0.05) is 17.0 Å². The van der Waals surface area contributed by atoms with Crippen LogP contribution in [0.4, 0.5) is 4.39 Å². The average molecular weight is 306 g/mol. The Morgan fingerprint density at radius 3 is 2.71 bits per heavy atom. The minimum absolute atomic E-state index is 0.158. The Kier molecular flexibility index (Phi) is 5.88. The van der Waals surface area contributed by atoms with E-state index in [4.69, 9.17) is 4.98 Å². The van der Waals surface area contributed by atoms with Gasteiger partial charge in [-0.05, 0) is 50.1 Å². The first-order valence-electron chi connectivity index (χ1n) is 7.61. The molecule has 2 rings (SSSR count). The van der Waals surface area contributed by atoms with Gasteiger partial charge in [0.05, 0.1) is 5.69 Å². The number of nitrogens with one attached hydrogen (secondary N) is 1. The summed E-state index contributed by atoms with van der Waals surface area (Å²) in [6.45, 7) is 8.03. The number of hydrogen-bond acceptors (Lipinski definition) is 3. The first-order valence-corrected chi connectivity index (χ1v) is 8.43. The highest BCUT2D eigenvalue weighted by molar-refractivity contribution is 7.15. The van der Waals surface area contributed by atoms with Crippen molar-refractivity contribution in [3.05, 3.63) is 40.2 Å². The number of aryl methyl sites for hydroxylation is 2. The summed E-state index contributed by atoms with van der Waals surface area (Å²) in [7, 11) is 0. The summed E-state index contributed by atoms with van der Waals surface area (Å²) in [5, 5.41) is 4.44. The molecule has 0 unspecified atom stereocenters. The number of halogens is 1. The van der Waals surface area contributed by atoms with E-state index in [0.717, 1.165) is 42.9 Å². The Labute approximate surface area is 130 Å². The molecule has 0 saturated carbocycles. The van der Waals surface area contributed by atoms with Crippen LogP contribution in [-0.4, -0.2) is 11.5 Å². The van der Waals surface area contributed by atoms with Crippen molar-refractivity contribution in [3.63, 3.8) is 0 Å². The van der Waals surface area contributed by atoms with Crippen LogP contribution in [0, 0.1) is 12.7 Å². The lowest BCUT2D eigenvalue weighted by atomic mass is 10.1. The summed E-state index contributed by atoms with van der Waals surface area (Å²) >= 11 is 1.72. The number of benzene rings is 1. The summed E-state index contributed by atoms with van der Waals surface area (Å²) in [5.74, 6) is -0.158. The van der Waals surface area contributed by atoms with Crippen molar-refractivity contribution in [1.82, 2.24) is 10.3 Å². The first-order chi connectivity index (χ1) is 10.2. The molecule has 2 aromatic rings. The standard InChI is InChI=1S/C17H23FN2S/c1-4-6-15-16(11-19-9-5-2)21-17(20-15)13-7-8-14(18)12(3)10-13/h7-8,10,19H,4-6,9,11H2,1-3H3. The van der Waals surface area contributed by atoms with Crippen LogP contribution in [0.3, 0.4) is 0 Å². The van der Waals surface area contributed by atoms with E-state index < -0.39 is 0 Å². The predicted octanol–water partition coefficient (Wildman–Crippen LogP) is 4.71. The second-order valence-electron chi connectivity index (χ2n) is 5.28. The lowest BCUT2D eigenvalue weighted by molar-refractivity contribution is 0.619. The van der Waals surface area contributed by atoms with Crippen LogP contribution in [-0.2, 0) is 13.0 Å². The highest BCUT2D eigenvalue weighted by Gasteiger charge is 2.12. The molecular formula is C17H23FN2S. The zero-order valence-electron chi connectivity index (χ0n) is 13.0. The predicted molar refractivity (Wildman–Crippen MR) is 88.2 cm³/mol. The van der Waals surface area contributed by atoms with Gasteiger partial charge in [0.2, 0.25) is 0 Å². The monoisotopic (exact) mass is 306 g/mol. The lowest BCUT2D eigenvalue weighted by Crippen LogP contribution is -2.13. The molecule has 0 saturated heterocycles. The maximum absolute atomic E-state index is 13.4. The Bertz CT molecular complexity index is 592. The van der Waals surface area contributed by atoms with Gasteiger partial charge in [-0.3, -0.25) is 0 Å². The van der Waals surface area contributed by atoms with Crippen LogP contribution in [0.1, 0.15) is 42.8 Å². The molecule has 0 aliphatic heterocycles. The number of rotatable bonds is 7. The van der Waals surface area contributed by atoms with Crippen LogP contribution in [0.5, 0.6) is 0 Å². The number of thiazole rings is 1. The Hall–Kier alpha value is -1.26. The van der Waals surface area contributed by atoms with E-state index in [1.807, 2.05) is 12.1 Å². The third-order valence-electron chi connectivity index (χ3n) is 3.38. The second-order valence-corrected chi connectivity index (χ2v) is 6.36. The molecule has 1 heterocycles. The van der Waals surface area contributed by atoms with Gasteiger partial charge in [0.25, 0.3) is 0 Å². The molecule has 0 aliphatic carbocycles. The molecule has 1 aromatic carbocycles. The summed E-state index contributed by atoms with van der Waals surface area (Å²) in [5.41, 5.74) is 2.87. The summed E-state index contributed by atoms with van der Waals surface area (Å²) < 4.78 is 13.4. The van der Waals surface area contributed by atoms with Gasteiger partial charge in [0.1, 0.15) is 10.8 Å². The Morgan fingerprint density at radius 2 is 2.05 bits per heavy atom. The van der Waals surface area contributed by atoms with Gasteiger partial charge in [-0.15, -0.1) is 11.3 Å². The van der Waals surface area contributed by atoms with Gasteiger partial charge in [-0.1, -0.05) is 20.3 Å². The maximum atomic E-state index is 13.4. The van der Waals surface area contributed by atoms with E-state index in [1.165, 1.54) is 16.6 Å². The van der Waals surface area contributed by atoms with Gasteiger partial charge < -0.3 is 5.32 Å².